The molecule has 0 bridgehead atoms. The van der Waals surface area contributed by atoms with E-state index in [4.69, 9.17) is 5.11 Å². The number of hydrogen-bond acceptors (Lipinski definition) is 4. The molecule has 21 heavy (non-hydrogen) atoms. The van der Waals surface area contributed by atoms with E-state index >= 15 is 0 Å². The van der Waals surface area contributed by atoms with Crippen molar-refractivity contribution in [3.05, 3.63) is 0 Å². The van der Waals surface area contributed by atoms with Crippen molar-refractivity contribution in [2.75, 3.05) is 25.4 Å². The van der Waals surface area contributed by atoms with Crippen LogP contribution in [0.3, 0.4) is 0 Å². The van der Waals surface area contributed by atoms with Gasteiger partial charge < -0.3 is 10.0 Å². The third-order valence-electron chi connectivity index (χ3n) is 4.31. The Balaban J connectivity index is 1.85. The predicted molar refractivity (Wildman–Crippen MR) is 80.0 cm³/mol. The molecule has 0 aromatic rings. The molecule has 1 aliphatic heterocycles. The number of nitrogens with zero attached hydrogens (tertiary/aromatic N) is 1. The van der Waals surface area contributed by atoms with Gasteiger partial charge in [0, 0.05) is 25.6 Å². The molecule has 1 amide bonds. The smallest absolute Gasteiger partial charge is 0.225 e. The first kappa shape index (κ1) is 16.7. The molecule has 0 spiro atoms. The lowest BCUT2D eigenvalue weighted by Crippen LogP contribution is -2.44. The highest BCUT2D eigenvalue weighted by Crippen LogP contribution is 2.39. The van der Waals surface area contributed by atoms with Crippen LogP contribution in [0.25, 0.3) is 0 Å². The highest BCUT2D eigenvalue weighted by atomic mass is 32.2. The average Bonchev–Trinajstić information content (AvgIpc) is 3.13. The highest BCUT2D eigenvalue weighted by molar-refractivity contribution is 7.89. The van der Waals surface area contributed by atoms with Crippen LogP contribution in [-0.4, -0.2) is 55.8 Å². The van der Waals surface area contributed by atoms with Gasteiger partial charge in [0.25, 0.3) is 0 Å². The number of hydrogen-bond donors (Lipinski definition) is 2. The normalized spacial score (nSPS) is 31.0. The molecule has 6 nitrogen and oxygen atoms in total. The van der Waals surface area contributed by atoms with Gasteiger partial charge in [0.15, 0.2) is 0 Å². The van der Waals surface area contributed by atoms with Gasteiger partial charge in [-0.1, -0.05) is 6.92 Å². The molecule has 1 aliphatic carbocycles. The van der Waals surface area contributed by atoms with Crippen molar-refractivity contribution in [3.8, 4) is 0 Å². The van der Waals surface area contributed by atoms with Crippen molar-refractivity contribution in [1.82, 2.24) is 9.62 Å². The maximum absolute atomic E-state index is 12.2. The summed E-state index contributed by atoms with van der Waals surface area (Å²) in [5.41, 5.74) is 0. The molecular weight excluding hydrogens is 292 g/mol. The summed E-state index contributed by atoms with van der Waals surface area (Å²) in [7, 11) is -3.39. The van der Waals surface area contributed by atoms with Crippen LogP contribution in [0, 0.1) is 17.8 Å². The summed E-state index contributed by atoms with van der Waals surface area (Å²) in [5, 5.41) is 9.15. The summed E-state index contributed by atoms with van der Waals surface area (Å²) < 4.78 is 26.3. The van der Waals surface area contributed by atoms with Gasteiger partial charge >= 0.3 is 0 Å². The van der Waals surface area contributed by atoms with Gasteiger partial charge in [-0.3, -0.25) is 4.79 Å². The van der Waals surface area contributed by atoms with Gasteiger partial charge in [-0.05, 0) is 38.0 Å². The fourth-order valence-corrected chi connectivity index (χ4v) is 4.42. The van der Waals surface area contributed by atoms with Crippen LogP contribution < -0.4 is 4.72 Å². The second kappa shape index (κ2) is 6.62. The van der Waals surface area contributed by atoms with E-state index in [2.05, 4.69) is 11.6 Å². The van der Waals surface area contributed by atoms with Gasteiger partial charge in [-0.25, -0.2) is 13.1 Å². The molecule has 1 heterocycles. The monoisotopic (exact) mass is 318 g/mol. The van der Waals surface area contributed by atoms with Gasteiger partial charge in [-0.2, -0.15) is 0 Å². The third-order valence-corrected chi connectivity index (χ3v) is 5.83. The quantitative estimate of drug-likeness (QED) is 0.731. The lowest BCUT2D eigenvalue weighted by molar-refractivity contribution is -0.134. The number of nitrogens with one attached hydrogen (secondary N) is 1. The molecule has 2 rings (SSSR count). The lowest BCUT2D eigenvalue weighted by Gasteiger charge is -2.33. The maximum atomic E-state index is 12.2. The van der Waals surface area contributed by atoms with Gasteiger partial charge in [0.2, 0.25) is 15.9 Å². The summed E-state index contributed by atoms with van der Waals surface area (Å²) in [4.78, 5) is 14.1. The minimum absolute atomic E-state index is 0.0109. The third kappa shape index (κ3) is 4.93. The molecule has 0 radical (unpaired) electrons. The summed E-state index contributed by atoms with van der Waals surface area (Å²) in [5.74, 6) is 0.858. The van der Waals surface area contributed by atoms with Crippen LogP contribution >= 0.6 is 0 Å². The van der Waals surface area contributed by atoms with E-state index in [-0.39, 0.29) is 30.0 Å². The number of carbonyl (C=O) groups is 1. The zero-order chi connectivity index (χ0) is 15.6. The topological polar surface area (TPSA) is 86.7 Å². The van der Waals surface area contributed by atoms with Crippen molar-refractivity contribution >= 4 is 15.9 Å². The Morgan fingerprint density at radius 3 is 2.71 bits per heavy atom. The number of amides is 1. The minimum atomic E-state index is -3.39. The predicted octanol–water partition coefficient (Wildman–Crippen LogP) is 0.181. The Hall–Kier alpha value is -0.660. The number of carbonyl (C=O) groups excluding carboxylic acids is 1. The average molecular weight is 318 g/mol. The largest absolute Gasteiger partial charge is 0.392 e. The molecule has 1 saturated heterocycles. The first-order valence-electron chi connectivity index (χ1n) is 7.72. The first-order chi connectivity index (χ1) is 9.78. The molecule has 7 heteroatoms. The number of aliphatic hydroxyl groups excluding tert-OH is 1. The van der Waals surface area contributed by atoms with Crippen LogP contribution in [0.1, 0.15) is 33.1 Å². The highest BCUT2D eigenvalue weighted by Gasteiger charge is 2.42. The van der Waals surface area contributed by atoms with E-state index in [0.717, 1.165) is 25.8 Å². The second-order valence-corrected chi connectivity index (χ2v) is 8.44. The molecule has 2 N–H and O–H groups in total. The number of piperidine rings is 1. The fourth-order valence-electron chi connectivity index (χ4n) is 2.92. The van der Waals surface area contributed by atoms with Crippen LogP contribution in [0.4, 0.5) is 0 Å². The number of aliphatic hydroxyl groups is 1. The van der Waals surface area contributed by atoms with Gasteiger partial charge in [0.05, 0.1) is 11.9 Å². The molecule has 0 aromatic carbocycles. The van der Waals surface area contributed by atoms with Crippen LogP contribution in [0.2, 0.25) is 0 Å². The van der Waals surface area contributed by atoms with Gasteiger partial charge in [-0.15, -0.1) is 0 Å². The minimum Gasteiger partial charge on any atom is -0.392 e. The molecule has 1 saturated carbocycles. The Morgan fingerprint density at radius 2 is 2.14 bits per heavy atom. The van der Waals surface area contributed by atoms with Crippen LogP contribution in [-0.2, 0) is 14.8 Å². The summed E-state index contributed by atoms with van der Waals surface area (Å²) >= 11 is 0. The number of rotatable bonds is 6. The molecule has 122 valence electrons. The van der Waals surface area contributed by atoms with E-state index in [1.54, 1.807) is 6.92 Å². The molecule has 0 aromatic heterocycles. The maximum Gasteiger partial charge on any atom is 0.225 e. The Labute approximate surface area is 126 Å². The lowest BCUT2D eigenvalue weighted by atomic mass is 9.99. The Bertz CT molecular complexity index is 477. The Kier molecular flexibility index (Phi) is 5.27. The van der Waals surface area contributed by atoms with Crippen molar-refractivity contribution < 1.29 is 18.3 Å². The van der Waals surface area contributed by atoms with E-state index in [1.807, 2.05) is 4.90 Å². The summed E-state index contributed by atoms with van der Waals surface area (Å²) in [6.45, 7) is 4.95. The molecule has 2 aliphatic rings. The van der Waals surface area contributed by atoms with Crippen molar-refractivity contribution in [1.29, 1.82) is 0 Å². The summed E-state index contributed by atoms with van der Waals surface area (Å²) in [6, 6.07) is 0. The zero-order valence-corrected chi connectivity index (χ0v) is 13.6. The van der Waals surface area contributed by atoms with E-state index in [1.165, 1.54) is 0 Å². The van der Waals surface area contributed by atoms with Crippen molar-refractivity contribution in [2.45, 2.75) is 39.2 Å². The van der Waals surface area contributed by atoms with Crippen molar-refractivity contribution in [3.63, 3.8) is 0 Å². The Morgan fingerprint density at radius 1 is 1.48 bits per heavy atom. The summed E-state index contributed by atoms with van der Waals surface area (Å²) in [6.07, 6.45) is 1.97. The van der Waals surface area contributed by atoms with Crippen LogP contribution in [0.5, 0.6) is 0 Å². The van der Waals surface area contributed by atoms with E-state index in [0.29, 0.717) is 12.5 Å². The molecule has 2 fully saturated rings. The second-order valence-electron chi connectivity index (χ2n) is 6.59. The number of sulfonamides is 1. The van der Waals surface area contributed by atoms with E-state index < -0.39 is 16.1 Å². The first-order valence-corrected chi connectivity index (χ1v) is 9.38. The van der Waals surface area contributed by atoms with E-state index in [9.17, 15) is 13.2 Å². The zero-order valence-electron chi connectivity index (χ0n) is 12.8. The number of likely N-dealkylation sites (tertiary alicyclic amines) is 1. The molecular formula is C14H26N2O4S. The van der Waals surface area contributed by atoms with Crippen molar-refractivity contribution in [2.24, 2.45) is 17.8 Å². The molecule has 4 atom stereocenters. The molecule has 0 unspecified atom stereocenters. The van der Waals surface area contributed by atoms with Gasteiger partial charge in [0.1, 0.15) is 0 Å². The SMILES string of the molecule is C[C@H](O)CNS(=O)(=O)C[C@@H]1CCCN(C(=O)[C@@H]2C[C@H]2C)C1. The van der Waals surface area contributed by atoms with Crippen LogP contribution in [0.15, 0.2) is 0 Å². The standard InChI is InChI=1S/C14H26N2O4S/c1-10-6-13(10)14(18)16-5-3-4-12(8-16)9-21(19,20)15-7-11(2)17/h10-13,15,17H,3-9H2,1-2H3/t10-,11+,12-,13-/m1/s1. The fraction of sp³-hybridized carbons (Fsp3) is 0.929.